The molecule has 0 atom stereocenters. The summed E-state index contributed by atoms with van der Waals surface area (Å²) in [5.74, 6) is 1.52. The first-order valence-corrected chi connectivity index (χ1v) is 8.17. The van der Waals surface area contributed by atoms with Crippen LogP contribution in [0.5, 0.6) is 0 Å². The number of hydrogen-bond acceptors (Lipinski definition) is 7. The van der Waals surface area contributed by atoms with Gasteiger partial charge in [-0.25, -0.2) is 9.97 Å². The predicted octanol–water partition coefficient (Wildman–Crippen LogP) is 1.12. The van der Waals surface area contributed by atoms with E-state index >= 15 is 0 Å². The molecule has 6 nitrogen and oxygen atoms in total. The third-order valence-electron chi connectivity index (χ3n) is 2.55. The van der Waals surface area contributed by atoms with Crippen molar-refractivity contribution < 1.29 is 9.90 Å². The Hall–Kier alpha value is -1.38. The SMILES string of the molecule is Nc1c(C(=O)NCCSCCCO)sc2nccnc12. The van der Waals surface area contributed by atoms with Gasteiger partial charge in [-0.05, 0) is 12.2 Å². The van der Waals surface area contributed by atoms with E-state index in [1.807, 2.05) is 0 Å². The number of thioether (sulfide) groups is 1. The molecule has 0 fully saturated rings. The molecule has 2 aromatic rings. The number of aliphatic hydroxyl groups excluding tert-OH is 1. The molecule has 2 aromatic heterocycles. The first kappa shape index (κ1) is 15.0. The van der Waals surface area contributed by atoms with Crippen molar-refractivity contribution >= 4 is 45.0 Å². The summed E-state index contributed by atoms with van der Waals surface area (Å²) in [6.45, 7) is 0.779. The summed E-state index contributed by atoms with van der Waals surface area (Å²) < 4.78 is 0. The fraction of sp³-hybridized carbons (Fsp3) is 0.417. The zero-order valence-corrected chi connectivity index (χ0v) is 12.5. The average molecular weight is 312 g/mol. The Morgan fingerprint density at radius 1 is 1.40 bits per heavy atom. The lowest BCUT2D eigenvalue weighted by molar-refractivity contribution is 0.0961. The van der Waals surface area contributed by atoms with Crippen LogP contribution in [0.15, 0.2) is 12.4 Å². The molecule has 20 heavy (non-hydrogen) atoms. The largest absolute Gasteiger partial charge is 0.396 e. The number of fused-ring (bicyclic) bond motifs is 1. The van der Waals surface area contributed by atoms with Crippen molar-refractivity contribution in [2.75, 3.05) is 30.4 Å². The maximum Gasteiger partial charge on any atom is 0.263 e. The normalized spacial score (nSPS) is 10.8. The van der Waals surface area contributed by atoms with Gasteiger partial charge in [-0.15, -0.1) is 11.3 Å². The van der Waals surface area contributed by atoms with Crippen LogP contribution in [0.2, 0.25) is 0 Å². The summed E-state index contributed by atoms with van der Waals surface area (Å²) >= 11 is 2.95. The van der Waals surface area contributed by atoms with E-state index in [0.717, 1.165) is 17.9 Å². The van der Waals surface area contributed by atoms with Crippen molar-refractivity contribution in [3.63, 3.8) is 0 Å². The van der Waals surface area contributed by atoms with Crippen molar-refractivity contribution in [2.24, 2.45) is 0 Å². The summed E-state index contributed by atoms with van der Waals surface area (Å²) in [6, 6.07) is 0. The highest BCUT2D eigenvalue weighted by Gasteiger charge is 2.17. The fourth-order valence-electron chi connectivity index (χ4n) is 1.60. The van der Waals surface area contributed by atoms with E-state index in [9.17, 15) is 4.79 Å². The van der Waals surface area contributed by atoms with Crippen LogP contribution in [0.4, 0.5) is 5.69 Å². The molecule has 0 aliphatic heterocycles. The predicted molar refractivity (Wildman–Crippen MR) is 83.2 cm³/mol. The minimum absolute atomic E-state index is 0.185. The fourth-order valence-corrected chi connectivity index (χ4v) is 3.32. The molecular formula is C12H16N4O2S2. The molecule has 0 saturated heterocycles. The van der Waals surface area contributed by atoms with Gasteiger partial charge in [0.05, 0.1) is 5.69 Å². The molecule has 2 heterocycles. The first-order chi connectivity index (χ1) is 9.74. The topological polar surface area (TPSA) is 101 Å². The van der Waals surface area contributed by atoms with Crippen LogP contribution in [0, 0.1) is 0 Å². The number of carbonyl (C=O) groups is 1. The molecule has 8 heteroatoms. The number of nitrogens with two attached hydrogens (primary N) is 1. The van der Waals surface area contributed by atoms with Gasteiger partial charge in [0.25, 0.3) is 5.91 Å². The van der Waals surface area contributed by atoms with Crippen LogP contribution in [-0.4, -0.2) is 45.6 Å². The number of aromatic nitrogens is 2. The van der Waals surface area contributed by atoms with E-state index < -0.39 is 0 Å². The number of amides is 1. The van der Waals surface area contributed by atoms with Crippen LogP contribution in [0.3, 0.4) is 0 Å². The summed E-state index contributed by atoms with van der Waals surface area (Å²) in [5, 5.41) is 11.5. The highest BCUT2D eigenvalue weighted by atomic mass is 32.2. The molecule has 0 spiro atoms. The van der Waals surface area contributed by atoms with Gasteiger partial charge in [-0.3, -0.25) is 4.79 Å². The van der Waals surface area contributed by atoms with Crippen molar-refractivity contribution in [3.8, 4) is 0 Å². The second-order valence-corrected chi connectivity index (χ2v) is 6.22. The van der Waals surface area contributed by atoms with E-state index in [-0.39, 0.29) is 12.5 Å². The van der Waals surface area contributed by atoms with E-state index in [0.29, 0.717) is 27.5 Å². The molecule has 0 saturated carbocycles. The molecule has 0 bridgehead atoms. The van der Waals surface area contributed by atoms with E-state index in [1.165, 1.54) is 11.3 Å². The molecule has 1 amide bonds. The lowest BCUT2D eigenvalue weighted by atomic mass is 10.3. The molecule has 4 N–H and O–H groups in total. The summed E-state index contributed by atoms with van der Waals surface area (Å²) in [4.78, 5) is 21.4. The monoisotopic (exact) mass is 312 g/mol. The Bertz CT molecular complexity index is 588. The highest BCUT2D eigenvalue weighted by Crippen LogP contribution is 2.30. The smallest absolute Gasteiger partial charge is 0.263 e. The van der Waals surface area contributed by atoms with Crippen molar-refractivity contribution in [1.29, 1.82) is 0 Å². The number of nitrogens with zero attached hydrogens (tertiary/aromatic N) is 2. The molecular weight excluding hydrogens is 296 g/mol. The Morgan fingerprint density at radius 3 is 2.95 bits per heavy atom. The second kappa shape index (κ2) is 7.41. The number of nitrogen functional groups attached to an aromatic ring is 1. The van der Waals surface area contributed by atoms with Gasteiger partial charge in [0, 0.05) is 31.3 Å². The zero-order valence-electron chi connectivity index (χ0n) is 10.8. The lowest BCUT2D eigenvalue weighted by Gasteiger charge is -2.04. The van der Waals surface area contributed by atoms with Gasteiger partial charge >= 0.3 is 0 Å². The molecule has 0 unspecified atom stereocenters. The summed E-state index contributed by atoms with van der Waals surface area (Å²) in [7, 11) is 0. The molecule has 108 valence electrons. The Kier molecular flexibility index (Phi) is 5.57. The summed E-state index contributed by atoms with van der Waals surface area (Å²) in [6.07, 6.45) is 3.92. The van der Waals surface area contributed by atoms with E-state index in [2.05, 4.69) is 15.3 Å². The van der Waals surface area contributed by atoms with Crippen LogP contribution in [0.1, 0.15) is 16.1 Å². The Labute approximate surface area is 124 Å². The third-order valence-corrected chi connectivity index (χ3v) is 4.72. The first-order valence-electron chi connectivity index (χ1n) is 6.20. The van der Waals surface area contributed by atoms with E-state index in [1.54, 1.807) is 24.2 Å². The van der Waals surface area contributed by atoms with Crippen molar-refractivity contribution in [1.82, 2.24) is 15.3 Å². The van der Waals surface area contributed by atoms with Crippen molar-refractivity contribution in [3.05, 3.63) is 17.3 Å². The minimum Gasteiger partial charge on any atom is -0.396 e. The maximum absolute atomic E-state index is 12.0. The van der Waals surface area contributed by atoms with Gasteiger partial charge < -0.3 is 16.2 Å². The molecule has 2 rings (SSSR count). The van der Waals surface area contributed by atoms with Gasteiger partial charge in [-0.2, -0.15) is 11.8 Å². The molecule has 0 aliphatic rings. The highest BCUT2D eigenvalue weighted by molar-refractivity contribution is 7.99. The lowest BCUT2D eigenvalue weighted by Crippen LogP contribution is -2.25. The number of thiophene rings is 1. The molecule has 0 radical (unpaired) electrons. The average Bonchev–Trinajstić information content (AvgIpc) is 2.80. The van der Waals surface area contributed by atoms with Crippen molar-refractivity contribution in [2.45, 2.75) is 6.42 Å². The van der Waals surface area contributed by atoms with Crippen LogP contribution in [0.25, 0.3) is 10.3 Å². The number of carbonyl (C=O) groups excluding carboxylic acids is 1. The van der Waals surface area contributed by atoms with Crippen LogP contribution < -0.4 is 11.1 Å². The Morgan fingerprint density at radius 2 is 2.20 bits per heavy atom. The molecule has 0 aliphatic carbocycles. The number of rotatable bonds is 7. The number of aliphatic hydroxyl groups is 1. The number of hydrogen-bond donors (Lipinski definition) is 3. The number of anilines is 1. The standard InChI is InChI=1S/C12H16N4O2S2/c13-8-9-12(16-3-2-14-9)20-10(8)11(18)15-4-7-19-6-1-5-17/h2-3,17H,1,4-7,13H2,(H,15,18). The van der Waals surface area contributed by atoms with Gasteiger partial charge in [0.15, 0.2) is 0 Å². The quantitative estimate of drug-likeness (QED) is 0.662. The third kappa shape index (κ3) is 3.59. The minimum atomic E-state index is -0.185. The zero-order chi connectivity index (χ0) is 14.4. The molecule has 0 aromatic carbocycles. The Balaban J connectivity index is 1.89. The van der Waals surface area contributed by atoms with Gasteiger partial charge in [-0.1, -0.05) is 0 Å². The van der Waals surface area contributed by atoms with Crippen LogP contribution in [-0.2, 0) is 0 Å². The summed E-state index contributed by atoms with van der Waals surface area (Å²) in [5.41, 5.74) is 6.90. The van der Waals surface area contributed by atoms with E-state index in [4.69, 9.17) is 10.8 Å². The maximum atomic E-state index is 12.0. The number of nitrogens with one attached hydrogen (secondary N) is 1. The van der Waals surface area contributed by atoms with Crippen LogP contribution >= 0.6 is 23.1 Å². The van der Waals surface area contributed by atoms with Gasteiger partial charge in [0.1, 0.15) is 15.2 Å². The van der Waals surface area contributed by atoms with Gasteiger partial charge in [0.2, 0.25) is 0 Å². The second-order valence-electron chi connectivity index (χ2n) is 4.00.